The average Bonchev–Trinajstić information content (AvgIpc) is 3.02. The van der Waals surface area contributed by atoms with E-state index in [1.807, 2.05) is 30.3 Å². The Morgan fingerprint density at radius 3 is 2.43 bits per heavy atom. The molecule has 2 aromatic carbocycles. The zero-order chi connectivity index (χ0) is 15.6. The molecule has 0 spiro atoms. The van der Waals surface area contributed by atoms with Crippen LogP contribution in [0.2, 0.25) is 0 Å². The summed E-state index contributed by atoms with van der Waals surface area (Å²) in [6.45, 7) is 0. The van der Waals surface area contributed by atoms with Gasteiger partial charge in [0.05, 0.1) is 11.3 Å². The molecule has 2 aromatic heterocycles. The maximum Gasteiger partial charge on any atom is 0.230 e. The average molecular weight is 304 g/mol. The second-order valence-corrected chi connectivity index (χ2v) is 4.92. The molecule has 0 radical (unpaired) electrons. The number of para-hydroxylation sites is 4. The molecular formula is C17H12N4O2. The van der Waals surface area contributed by atoms with Gasteiger partial charge in [0.1, 0.15) is 11.3 Å². The monoisotopic (exact) mass is 304 g/mol. The van der Waals surface area contributed by atoms with Crippen LogP contribution < -0.4 is 5.32 Å². The Kier molecular flexibility index (Phi) is 3.12. The van der Waals surface area contributed by atoms with Gasteiger partial charge in [0.15, 0.2) is 5.58 Å². The third kappa shape index (κ3) is 2.57. The number of oxazole rings is 1. The molecule has 0 aliphatic heterocycles. The standard InChI is InChI=1S/C17H12N4O2/c22-14-7-3-1-5-12(14)21-17-18-9-11(10-19-17)16-20-13-6-2-4-8-15(13)23-16/h1-10,22H,(H,18,19,21). The van der Waals surface area contributed by atoms with E-state index in [1.54, 1.807) is 30.6 Å². The maximum absolute atomic E-state index is 9.74. The van der Waals surface area contributed by atoms with E-state index in [9.17, 15) is 5.11 Å². The van der Waals surface area contributed by atoms with Crippen molar-refractivity contribution in [1.29, 1.82) is 0 Å². The van der Waals surface area contributed by atoms with Crippen molar-refractivity contribution in [3.63, 3.8) is 0 Å². The zero-order valence-electron chi connectivity index (χ0n) is 12.0. The lowest BCUT2D eigenvalue weighted by molar-refractivity contribution is 0.477. The van der Waals surface area contributed by atoms with Crippen LogP contribution in [-0.4, -0.2) is 20.1 Å². The molecule has 0 atom stereocenters. The first-order chi connectivity index (χ1) is 11.3. The Labute approximate surface area is 131 Å². The van der Waals surface area contributed by atoms with Crippen LogP contribution in [0.5, 0.6) is 5.75 Å². The molecule has 4 rings (SSSR count). The molecular weight excluding hydrogens is 292 g/mol. The van der Waals surface area contributed by atoms with Crippen molar-refractivity contribution in [3.8, 4) is 17.2 Å². The first kappa shape index (κ1) is 13.3. The fraction of sp³-hybridized carbons (Fsp3) is 0. The van der Waals surface area contributed by atoms with Crippen LogP contribution in [0.3, 0.4) is 0 Å². The summed E-state index contributed by atoms with van der Waals surface area (Å²) in [4.78, 5) is 12.9. The second-order valence-electron chi connectivity index (χ2n) is 4.92. The largest absolute Gasteiger partial charge is 0.506 e. The van der Waals surface area contributed by atoms with Crippen molar-refractivity contribution >= 4 is 22.7 Å². The van der Waals surface area contributed by atoms with Crippen LogP contribution in [-0.2, 0) is 0 Å². The predicted octanol–water partition coefficient (Wildman–Crippen LogP) is 3.73. The molecule has 23 heavy (non-hydrogen) atoms. The molecule has 6 heteroatoms. The van der Waals surface area contributed by atoms with E-state index < -0.39 is 0 Å². The summed E-state index contributed by atoms with van der Waals surface area (Å²) in [5, 5.41) is 12.7. The lowest BCUT2D eigenvalue weighted by Crippen LogP contribution is -1.97. The molecule has 4 aromatic rings. The molecule has 0 bridgehead atoms. The minimum absolute atomic E-state index is 0.138. The molecule has 2 heterocycles. The van der Waals surface area contributed by atoms with Crippen molar-refractivity contribution in [2.24, 2.45) is 0 Å². The summed E-state index contributed by atoms with van der Waals surface area (Å²) < 4.78 is 5.68. The number of phenols is 1. The van der Waals surface area contributed by atoms with Crippen molar-refractivity contribution in [2.45, 2.75) is 0 Å². The molecule has 112 valence electrons. The third-order valence-corrected chi connectivity index (χ3v) is 3.34. The minimum atomic E-state index is 0.138. The minimum Gasteiger partial charge on any atom is -0.506 e. The van der Waals surface area contributed by atoms with Crippen molar-refractivity contribution in [3.05, 3.63) is 60.9 Å². The Balaban J connectivity index is 1.61. The summed E-state index contributed by atoms with van der Waals surface area (Å²) in [7, 11) is 0. The van der Waals surface area contributed by atoms with Gasteiger partial charge in [-0.25, -0.2) is 15.0 Å². The van der Waals surface area contributed by atoms with Gasteiger partial charge in [-0.1, -0.05) is 24.3 Å². The highest BCUT2D eigenvalue weighted by Crippen LogP contribution is 2.26. The van der Waals surface area contributed by atoms with Gasteiger partial charge >= 0.3 is 0 Å². The Hall–Kier alpha value is -3.41. The normalized spacial score (nSPS) is 10.8. The highest BCUT2D eigenvalue weighted by molar-refractivity contribution is 5.75. The summed E-state index contributed by atoms with van der Waals surface area (Å²) in [5.74, 6) is 0.991. The number of aromatic hydroxyl groups is 1. The summed E-state index contributed by atoms with van der Waals surface area (Å²) in [6, 6.07) is 14.4. The molecule has 0 aliphatic carbocycles. The highest BCUT2D eigenvalue weighted by atomic mass is 16.3. The lowest BCUT2D eigenvalue weighted by atomic mass is 10.3. The molecule has 0 fully saturated rings. The Morgan fingerprint density at radius 1 is 0.913 bits per heavy atom. The summed E-state index contributed by atoms with van der Waals surface area (Å²) in [5.41, 5.74) is 2.74. The molecule has 0 aliphatic rings. The molecule has 6 nitrogen and oxygen atoms in total. The zero-order valence-corrected chi connectivity index (χ0v) is 12.0. The van der Waals surface area contributed by atoms with Crippen LogP contribution in [0.1, 0.15) is 0 Å². The Bertz CT molecular complexity index is 931. The molecule has 0 saturated heterocycles. The van der Waals surface area contributed by atoms with Crippen molar-refractivity contribution in [1.82, 2.24) is 15.0 Å². The van der Waals surface area contributed by atoms with E-state index in [0.717, 1.165) is 11.1 Å². The first-order valence-electron chi connectivity index (χ1n) is 7.02. The van der Waals surface area contributed by atoms with Crippen LogP contribution in [0.25, 0.3) is 22.6 Å². The number of benzene rings is 2. The van der Waals surface area contributed by atoms with E-state index in [0.29, 0.717) is 23.1 Å². The van der Waals surface area contributed by atoms with Gasteiger partial charge in [-0.3, -0.25) is 0 Å². The fourth-order valence-corrected chi connectivity index (χ4v) is 2.20. The quantitative estimate of drug-likeness (QED) is 0.561. The van der Waals surface area contributed by atoms with Gasteiger partial charge in [-0.2, -0.15) is 0 Å². The van der Waals surface area contributed by atoms with Crippen molar-refractivity contribution < 1.29 is 9.52 Å². The molecule has 2 N–H and O–H groups in total. The second kappa shape index (κ2) is 5.42. The van der Waals surface area contributed by atoms with Gasteiger partial charge in [0.25, 0.3) is 0 Å². The summed E-state index contributed by atoms with van der Waals surface area (Å²) in [6.07, 6.45) is 3.25. The fourth-order valence-electron chi connectivity index (χ4n) is 2.20. The van der Waals surface area contributed by atoms with Crippen LogP contribution in [0, 0.1) is 0 Å². The van der Waals surface area contributed by atoms with Crippen LogP contribution >= 0.6 is 0 Å². The van der Waals surface area contributed by atoms with E-state index >= 15 is 0 Å². The van der Waals surface area contributed by atoms with Gasteiger partial charge in [0, 0.05) is 12.4 Å². The van der Waals surface area contributed by atoms with Gasteiger partial charge < -0.3 is 14.8 Å². The van der Waals surface area contributed by atoms with E-state index in [4.69, 9.17) is 4.42 Å². The number of fused-ring (bicyclic) bond motifs is 1. The molecule has 0 amide bonds. The first-order valence-corrected chi connectivity index (χ1v) is 7.02. The molecule has 0 unspecified atom stereocenters. The smallest absolute Gasteiger partial charge is 0.230 e. The van der Waals surface area contributed by atoms with E-state index in [1.165, 1.54) is 0 Å². The number of phenolic OH excluding ortho intramolecular Hbond substituents is 1. The van der Waals surface area contributed by atoms with Crippen molar-refractivity contribution in [2.75, 3.05) is 5.32 Å². The van der Waals surface area contributed by atoms with Gasteiger partial charge in [0.2, 0.25) is 11.8 Å². The number of nitrogens with zero attached hydrogens (tertiary/aromatic N) is 3. The third-order valence-electron chi connectivity index (χ3n) is 3.34. The Morgan fingerprint density at radius 2 is 1.65 bits per heavy atom. The van der Waals surface area contributed by atoms with Crippen LogP contribution in [0.15, 0.2) is 65.3 Å². The number of hydrogen-bond acceptors (Lipinski definition) is 6. The molecule has 0 saturated carbocycles. The van der Waals surface area contributed by atoms with Gasteiger partial charge in [-0.05, 0) is 24.3 Å². The summed E-state index contributed by atoms with van der Waals surface area (Å²) >= 11 is 0. The maximum atomic E-state index is 9.74. The number of nitrogens with one attached hydrogen (secondary N) is 1. The topological polar surface area (TPSA) is 84.1 Å². The number of rotatable bonds is 3. The highest BCUT2D eigenvalue weighted by Gasteiger charge is 2.09. The number of anilines is 2. The van der Waals surface area contributed by atoms with E-state index in [2.05, 4.69) is 20.3 Å². The van der Waals surface area contributed by atoms with Gasteiger partial charge in [-0.15, -0.1) is 0 Å². The predicted molar refractivity (Wildman–Crippen MR) is 86.4 cm³/mol. The van der Waals surface area contributed by atoms with Crippen LogP contribution in [0.4, 0.5) is 11.6 Å². The number of aromatic nitrogens is 3. The lowest BCUT2D eigenvalue weighted by Gasteiger charge is -2.06. The number of hydrogen-bond donors (Lipinski definition) is 2. The van der Waals surface area contributed by atoms with E-state index in [-0.39, 0.29) is 5.75 Å². The SMILES string of the molecule is Oc1ccccc1Nc1ncc(-c2nc3ccccc3o2)cn1.